The monoisotopic (exact) mass is 276 g/mol. The standard InChI is InChI=1S/C17H28N2O/c1-17(2)10-5-8-15(17)16(20)12-13-9-11-19(18-13)14-6-3-4-7-14/h9,11,14-16,20H,3-8,10,12H2,1-2H3. The Hall–Kier alpha value is -0.830. The van der Waals surface area contributed by atoms with E-state index in [9.17, 15) is 5.11 Å². The highest BCUT2D eigenvalue weighted by Gasteiger charge is 2.39. The van der Waals surface area contributed by atoms with E-state index < -0.39 is 0 Å². The lowest BCUT2D eigenvalue weighted by Gasteiger charge is -2.30. The molecule has 20 heavy (non-hydrogen) atoms. The van der Waals surface area contributed by atoms with Crippen molar-refractivity contribution >= 4 is 0 Å². The van der Waals surface area contributed by atoms with E-state index in [4.69, 9.17) is 5.10 Å². The molecular weight excluding hydrogens is 248 g/mol. The topological polar surface area (TPSA) is 38.0 Å². The molecule has 112 valence electrons. The number of hydrogen-bond donors (Lipinski definition) is 1. The third kappa shape index (κ3) is 2.78. The SMILES string of the molecule is CC1(C)CCCC1C(O)Cc1ccn(C2CCCC2)n1. The molecule has 0 bridgehead atoms. The minimum Gasteiger partial charge on any atom is -0.392 e. The highest BCUT2D eigenvalue weighted by molar-refractivity contribution is 5.04. The van der Waals surface area contributed by atoms with Crippen molar-refractivity contribution in [2.24, 2.45) is 11.3 Å². The van der Waals surface area contributed by atoms with Gasteiger partial charge in [-0.05, 0) is 43.1 Å². The van der Waals surface area contributed by atoms with E-state index in [1.54, 1.807) is 0 Å². The summed E-state index contributed by atoms with van der Waals surface area (Å²) >= 11 is 0. The molecule has 1 aromatic heterocycles. The van der Waals surface area contributed by atoms with Gasteiger partial charge < -0.3 is 5.11 Å². The molecule has 0 aromatic carbocycles. The van der Waals surface area contributed by atoms with E-state index in [0.717, 1.165) is 12.1 Å². The van der Waals surface area contributed by atoms with Crippen molar-refractivity contribution in [1.29, 1.82) is 0 Å². The molecule has 0 amide bonds. The van der Waals surface area contributed by atoms with E-state index in [1.807, 2.05) is 0 Å². The summed E-state index contributed by atoms with van der Waals surface area (Å²) in [6, 6.07) is 2.70. The Morgan fingerprint density at radius 1 is 1.30 bits per heavy atom. The molecule has 0 radical (unpaired) electrons. The number of rotatable bonds is 4. The quantitative estimate of drug-likeness (QED) is 0.910. The van der Waals surface area contributed by atoms with Gasteiger partial charge in [-0.15, -0.1) is 0 Å². The van der Waals surface area contributed by atoms with E-state index in [2.05, 4.69) is 30.8 Å². The Labute approximate surface area is 122 Å². The van der Waals surface area contributed by atoms with Gasteiger partial charge >= 0.3 is 0 Å². The largest absolute Gasteiger partial charge is 0.392 e. The number of aliphatic hydroxyl groups excluding tert-OH is 1. The minimum atomic E-state index is -0.237. The summed E-state index contributed by atoms with van der Waals surface area (Å²) in [6.45, 7) is 4.59. The van der Waals surface area contributed by atoms with Crippen LogP contribution in [-0.2, 0) is 6.42 Å². The van der Waals surface area contributed by atoms with Crippen molar-refractivity contribution in [3.8, 4) is 0 Å². The molecule has 0 aliphatic heterocycles. The zero-order chi connectivity index (χ0) is 14.2. The molecule has 2 unspecified atom stereocenters. The van der Waals surface area contributed by atoms with Crippen LogP contribution < -0.4 is 0 Å². The highest BCUT2D eigenvalue weighted by Crippen LogP contribution is 2.44. The molecule has 0 saturated heterocycles. The van der Waals surface area contributed by atoms with Gasteiger partial charge in [-0.2, -0.15) is 5.10 Å². The van der Waals surface area contributed by atoms with Crippen LogP contribution in [0.2, 0.25) is 0 Å². The first-order chi connectivity index (χ1) is 9.56. The Balaban J connectivity index is 1.62. The van der Waals surface area contributed by atoms with E-state index in [1.165, 1.54) is 38.5 Å². The van der Waals surface area contributed by atoms with Crippen LogP contribution in [-0.4, -0.2) is 21.0 Å². The third-order valence-electron chi connectivity index (χ3n) is 5.59. The van der Waals surface area contributed by atoms with Crippen LogP contribution in [0.15, 0.2) is 12.3 Å². The third-order valence-corrected chi connectivity index (χ3v) is 5.59. The van der Waals surface area contributed by atoms with Crippen molar-refractivity contribution in [1.82, 2.24) is 9.78 Å². The molecule has 2 saturated carbocycles. The van der Waals surface area contributed by atoms with E-state index in [0.29, 0.717) is 18.4 Å². The van der Waals surface area contributed by atoms with Crippen molar-refractivity contribution in [3.63, 3.8) is 0 Å². The van der Waals surface area contributed by atoms with Gasteiger partial charge in [0.05, 0.1) is 17.8 Å². The maximum Gasteiger partial charge on any atom is 0.0650 e. The second-order valence-electron chi connectivity index (χ2n) is 7.48. The lowest BCUT2D eigenvalue weighted by atomic mass is 9.77. The second-order valence-corrected chi connectivity index (χ2v) is 7.48. The molecule has 2 atom stereocenters. The summed E-state index contributed by atoms with van der Waals surface area (Å²) < 4.78 is 2.13. The highest BCUT2D eigenvalue weighted by atomic mass is 16.3. The number of nitrogens with zero attached hydrogens (tertiary/aromatic N) is 2. The zero-order valence-electron chi connectivity index (χ0n) is 12.9. The molecule has 2 fully saturated rings. The zero-order valence-corrected chi connectivity index (χ0v) is 12.9. The van der Waals surface area contributed by atoms with Gasteiger partial charge in [-0.1, -0.05) is 33.1 Å². The van der Waals surface area contributed by atoms with Gasteiger partial charge in [0.1, 0.15) is 0 Å². The maximum absolute atomic E-state index is 10.6. The van der Waals surface area contributed by atoms with Gasteiger partial charge in [0.15, 0.2) is 0 Å². The molecule has 1 N–H and O–H groups in total. The van der Waals surface area contributed by atoms with Crippen molar-refractivity contribution in [2.45, 2.75) is 77.4 Å². The van der Waals surface area contributed by atoms with Crippen LogP contribution in [0, 0.1) is 11.3 Å². The molecule has 3 heteroatoms. The number of aliphatic hydroxyl groups is 1. The first-order valence-electron chi connectivity index (χ1n) is 8.28. The Kier molecular flexibility index (Phi) is 3.89. The van der Waals surface area contributed by atoms with Crippen molar-refractivity contribution < 1.29 is 5.11 Å². The Morgan fingerprint density at radius 3 is 2.70 bits per heavy atom. The first kappa shape index (κ1) is 14.1. The van der Waals surface area contributed by atoms with Gasteiger partial charge in [-0.25, -0.2) is 0 Å². The van der Waals surface area contributed by atoms with E-state index >= 15 is 0 Å². The lowest BCUT2D eigenvalue weighted by molar-refractivity contribution is 0.0534. The molecule has 3 nitrogen and oxygen atoms in total. The fraction of sp³-hybridized carbons (Fsp3) is 0.824. The fourth-order valence-corrected chi connectivity index (χ4v) is 4.28. The fourth-order valence-electron chi connectivity index (χ4n) is 4.28. The summed E-state index contributed by atoms with van der Waals surface area (Å²) in [7, 11) is 0. The number of aromatic nitrogens is 2. The Morgan fingerprint density at radius 2 is 2.05 bits per heavy atom. The van der Waals surface area contributed by atoms with Gasteiger partial charge in [0, 0.05) is 12.6 Å². The lowest BCUT2D eigenvalue weighted by Crippen LogP contribution is -2.31. The Bertz CT molecular complexity index is 446. The molecule has 1 heterocycles. The second kappa shape index (κ2) is 5.51. The minimum absolute atomic E-state index is 0.237. The van der Waals surface area contributed by atoms with Gasteiger partial charge in [-0.3, -0.25) is 4.68 Å². The first-order valence-corrected chi connectivity index (χ1v) is 8.28. The summed E-state index contributed by atoms with van der Waals surface area (Å²) in [5.74, 6) is 0.430. The molecule has 0 spiro atoms. The van der Waals surface area contributed by atoms with Crippen molar-refractivity contribution in [2.75, 3.05) is 0 Å². The van der Waals surface area contributed by atoms with Crippen LogP contribution in [0.3, 0.4) is 0 Å². The van der Waals surface area contributed by atoms with E-state index in [-0.39, 0.29) is 11.5 Å². The predicted octanol–water partition coefficient (Wildman–Crippen LogP) is 3.73. The summed E-state index contributed by atoms with van der Waals surface area (Å²) in [5, 5.41) is 15.3. The summed E-state index contributed by atoms with van der Waals surface area (Å²) in [5.41, 5.74) is 1.35. The summed E-state index contributed by atoms with van der Waals surface area (Å²) in [4.78, 5) is 0. The average molecular weight is 276 g/mol. The summed E-state index contributed by atoms with van der Waals surface area (Å²) in [6.07, 6.45) is 11.4. The normalized spacial score (nSPS) is 28.1. The molecule has 2 aliphatic carbocycles. The molecule has 2 aliphatic rings. The average Bonchev–Trinajstić information content (AvgIpc) is 3.07. The molecule has 1 aromatic rings. The maximum atomic E-state index is 10.6. The van der Waals surface area contributed by atoms with Crippen LogP contribution >= 0.6 is 0 Å². The smallest absolute Gasteiger partial charge is 0.0650 e. The van der Waals surface area contributed by atoms with Crippen LogP contribution in [0.5, 0.6) is 0 Å². The van der Waals surface area contributed by atoms with Crippen molar-refractivity contribution in [3.05, 3.63) is 18.0 Å². The van der Waals surface area contributed by atoms with Gasteiger partial charge in [0.2, 0.25) is 0 Å². The van der Waals surface area contributed by atoms with Crippen LogP contribution in [0.4, 0.5) is 0 Å². The molecule has 3 rings (SSSR count). The number of hydrogen-bond acceptors (Lipinski definition) is 2. The predicted molar refractivity (Wildman–Crippen MR) is 80.6 cm³/mol. The van der Waals surface area contributed by atoms with Crippen LogP contribution in [0.25, 0.3) is 0 Å². The molecular formula is C17H28N2O. The van der Waals surface area contributed by atoms with Crippen LogP contribution in [0.1, 0.15) is 70.5 Å². The van der Waals surface area contributed by atoms with Gasteiger partial charge in [0.25, 0.3) is 0 Å².